The minimum atomic E-state index is -0.867. The van der Waals surface area contributed by atoms with Crippen molar-refractivity contribution in [3.05, 3.63) is 29.8 Å². The van der Waals surface area contributed by atoms with Crippen molar-refractivity contribution in [1.82, 2.24) is 4.90 Å². The minimum absolute atomic E-state index is 0.0176. The molecule has 1 aromatic carbocycles. The number of carbonyl (C=O) groups is 1. The fourth-order valence-electron chi connectivity index (χ4n) is 1.88. The van der Waals surface area contributed by atoms with Crippen molar-refractivity contribution < 1.29 is 14.6 Å². The van der Waals surface area contributed by atoms with Crippen molar-refractivity contribution in [3.8, 4) is 5.75 Å². The van der Waals surface area contributed by atoms with Crippen LogP contribution in [0.2, 0.25) is 0 Å². The van der Waals surface area contributed by atoms with Crippen LogP contribution in [-0.4, -0.2) is 42.7 Å². The van der Waals surface area contributed by atoms with Crippen LogP contribution in [0.3, 0.4) is 0 Å². The molecule has 18 heavy (non-hydrogen) atoms. The Hall–Kier alpha value is -1.59. The number of nitrogens with two attached hydrogens (primary N) is 1. The number of methoxy groups -OCH3 is 1. The monoisotopic (exact) mass is 252 g/mol. The van der Waals surface area contributed by atoms with Crippen molar-refractivity contribution in [1.29, 1.82) is 0 Å². The fraction of sp³-hybridized carbons (Fsp3) is 0.462. The first-order valence-corrected chi connectivity index (χ1v) is 5.80. The van der Waals surface area contributed by atoms with Gasteiger partial charge in [-0.1, -0.05) is 18.2 Å². The van der Waals surface area contributed by atoms with Gasteiger partial charge in [0.25, 0.3) is 0 Å². The SMILES string of the molecule is COc1ccccc1CN(C)CC(N)CC(=O)O. The van der Waals surface area contributed by atoms with Crippen LogP contribution < -0.4 is 10.5 Å². The molecule has 5 heteroatoms. The molecule has 0 spiro atoms. The Bertz CT molecular complexity index is 396. The Morgan fingerprint density at radius 3 is 2.78 bits per heavy atom. The predicted octanol–water partition coefficient (Wildman–Crippen LogP) is 0.929. The maximum atomic E-state index is 10.5. The van der Waals surface area contributed by atoms with Crippen molar-refractivity contribution in [2.24, 2.45) is 5.73 Å². The molecule has 5 nitrogen and oxygen atoms in total. The van der Waals surface area contributed by atoms with E-state index in [2.05, 4.69) is 0 Å². The summed E-state index contributed by atoms with van der Waals surface area (Å²) >= 11 is 0. The van der Waals surface area contributed by atoms with Gasteiger partial charge < -0.3 is 20.5 Å². The zero-order valence-electron chi connectivity index (χ0n) is 10.8. The second kappa shape index (κ2) is 6.98. The maximum Gasteiger partial charge on any atom is 0.304 e. The van der Waals surface area contributed by atoms with Gasteiger partial charge in [-0.3, -0.25) is 4.79 Å². The lowest BCUT2D eigenvalue weighted by Gasteiger charge is -2.21. The quantitative estimate of drug-likeness (QED) is 0.755. The molecule has 1 atom stereocenters. The number of carboxylic acids is 1. The van der Waals surface area contributed by atoms with Gasteiger partial charge in [0, 0.05) is 24.7 Å². The third kappa shape index (κ3) is 4.73. The van der Waals surface area contributed by atoms with Crippen LogP contribution in [0.1, 0.15) is 12.0 Å². The second-order valence-electron chi connectivity index (χ2n) is 4.37. The first-order valence-electron chi connectivity index (χ1n) is 5.80. The zero-order valence-corrected chi connectivity index (χ0v) is 10.8. The van der Waals surface area contributed by atoms with E-state index < -0.39 is 5.97 Å². The summed E-state index contributed by atoms with van der Waals surface area (Å²) < 4.78 is 5.26. The average Bonchev–Trinajstić information content (AvgIpc) is 2.28. The van der Waals surface area contributed by atoms with E-state index in [1.54, 1.807) is 7.11 Å². The van der Waals surface area contributed by atoms with Gasteiger partial charge in [0.2, 0.25) is 0 Å². The van der Waals surface area contributed by atoms with Crippen LogP contribution in [0, 0.1) is 0 Å². The zero-order chi connectivity index (χ0) is 13.5. The highest BCUT2D eigenvalue weighted by Gasteiger charge is 2.12. The molecule has 1 rings (SSSR count). The molecule has 0 aromatic heterocycles. The molecule has 0 amide bonds. The number of benzene rings is 1. The lowest BCUT2D eigenvalue weighted by molar-refractivity contribution is -0.137. The summed E-state index contributed by atoms with van der Waals surface area (Å²) in [4.78, 5) is 12.5. The molecule has 0 aliphatic carbocycles. The smallest absolute Gasteiger partial charge is 0.304 e. The topological polar surface area (TPSA) is 75.8 Å². The van der Waals surface area contributed by atoms with E-state index in [1.165, 1.54) is 0 Å². The van der Waals surface area contributed by atoms with Crippen LogP contribution in [0.15, 0.2) is 24.3 Å². The molecule has 0 saturated carbocycles. The molecule has 100 valence electrons. The van der Waals surface area contributed by atoms with Gasteiger partial charge in [-0.05, 0) is 13.1 Å². The molecular weight excluding hydrogens is 232 g/mol. The highest BCUT2D eigenvalue weighted by atomic mass is 16.5. The summed E-state index contributed by atoms with van der Waals surface area (Å²) in [6.07, 6.45) is -0.0176. The van der Waals surface area contributed by atoms with Crippen LogP contribution in [-0.2, 0) is 11.3 Å². The second-order valence-corrected chi connectivity index (χ2v) is 4.37. The highest BCUT2D eigenvalue weighted by Crippen LogP contribution is 2.18. The number of hydrogen-bond donors (Lipinski definition) is 2. The third-order valence-electron chi connectivity index (χ3n) is 2.62. The van der Waals surface area contributed by atoms with Crippen LogP contribution in [0.25, 0.3) is 0 Å². The third-order valence-corrected chi connectivity index (χ3v) is 2.62. The molecule has 0 radical (unpaired) electrons. The summed E-state index contributed by atoms with van der Waals surface area (Å²) in [7, 11) is 3.54. The molecule has 0 saturated heterocycles. The lowest BCUT2D eigenvalue weighted by Crippen LogP contribution is -2.36. The van der Waals surface area contributed by atoms with Gasteiger partial charge >= 0.3 is 5.97 Å². The molecule has 1 aromatic rings. The number of hydrogen-bond acceptors (Lipinski definition) is 4. The summed E-state index contributed by atoms with van der Waals surface area (Å²) in [6.45, 7) is 1.21. The van der Waals surface area contributed by atoms with E-state index in [0.29, 0.717) is 13.1 Å². The minimum Gasteiger partial charge on any atom is -0.496 e. The number of carboxylic acid groups (broad SMARTS) is 1. The van der Waals surface area contributed by atoms with Crippen molar-refractivity contribution in [2.45, 2.75) is 19.0 Å². The number of nitrogens with zero attached hydrogens (tertiary/aromatic N) is 1. The van der Waals surface area contributed by atoms with Gasteiger partial charge in [-0.2, -0.15) is 0 Å². The summed E-state index contributed by atoms with van der Waals surface area (Å²) in [5, 5.41) is 8.65. The average molecular weight is 252 g/mol. The van der Waals surface area contributed by atoms with E-state index in [-0.39, 0.29) is 12.5 Å². The van der Waals surface area contributed by atoms with Gasteiger partial charge in [0.05, 0.1) is 13.5 Å². The molecule has 0 heterocycles. The van der Waals surface area contributed by atoms with E-state index in [9.17, 15) is 4.79 Å². The largest absolute Gasteiger partial charge is 0.496 e. The molecule has 1 unspecified atom stereocenters. The van der Waals surface area contributed by atoms with E-state index >= 15 is 0 Å². The number of para-hydroxylation sites is 1. The van der Waals surface area contributed by atoms with Gasteiger partial charge in [-0.15, -0.1) is 0 Å². The van der Waals surface area contributed by atoms with Crippen LogP contribution in [0.4, 0.5) is 0 Å². The summed E-state index contributed by atoms with van der Waals surface area (Å²) in [5.74, 6) is -0.0376. The molecule has 0 fully saturated rings. The molecular formula is C13H20N2O3. The molecule has 0 aliphatic heterocycles. The Labute approximate surface area is 107 Å². The van der Waals surface area contributed by atoms with Crippen LogP contribution >= 0.6 is 0 Å². The predicted molar refractivity (Wildman–Crippen MR) is 69.6 cm³/mol. The Morgan fingerprint density at radius 2 is 2.17 bits per heavy atom. The molecule has 0 bridgehead atoms. The number of aliphatic carboxylic acids is 1. The number of ether oxygens (including phenoxy) is 1. The normalized spacial score (nSPS) is 12.4. The van der Waals surface area contributed by atoms with Crippen molar-refractivity contribution >= 4 is 5.97 Å². The standard InChI is InChI=1S/C13H20N2O3/c1-15(9-11(14)7-13(16)17)8-10-5-3-4-6-12(10)18-2/h3-6,11H,7-9,14H2,1-2H3,(H,16,17). The maximum absolute atomic E-state index is 10.5. The van der Waals surface area contributed by atoms with Gasteiger partial charge in [0.1, 0.15) is 5.75 Å². The molecule has 0 aliphatic rings. The van der Waals surface area contributed by atoms with Gasteiger partial charge in [-0.25, -0.2) is 0 Å². The molecule has 3 N–H and O–H groups in total. The van der Waals surface area contributed by atoms with Gasteiger partial charge in [0.15, 0.2) is 0 Å². The van der Waals surface area contributed by atoms with E-state index in [4.69, 9.17) is 15.6 Å². The lowest BCUT2D eigenvalue weighted by atomic mass is 10.1. The Morgan fingerprint density at radius 1 is 1.50 bits per heavy atom. The van der Waals surface area contributed by atoms with Crippen molar-refractivity contribution in [2.75, 3.05) is 20.7 Å². The Kier molecular flexibility index (Phi) is 5.61. The number of likely N-dealkylation sites (N-methyl/N-ethyl adjacent to an activating group) is 1. The van der Waals surface area contributed by atoms with E-state index in [1.807, 2.05) is 36.2 Å². The van der Waals surface area contributed by atoms with E-state index in [0.717, 1.165) is 11.3 Å². The highest BCUT2D eigenvalue weighted by molar-refractivity contribution is 5.67. The Balaban J connectivity index is 2.53. The fourth-order valence-corrected chi connectivity index (χ4v) is 1.88. The first kappa shape index (κ1) is 14.5. The first-order chi connectivity index (χ1) is 8.52. The number of rotatable bonds is 7. The summed E-state index contributed by atoms with van der Waals surface area (Å²) in [5.41, 5.74) is 6.81. The van der Waals surface area contributed by atoms with Crippen molar-refractivity contribution in [3.63, 3.8) is 0 Å². The summed E-state index contributed by atoms with van der Waals surface area (Å²) in [6, 6.07) is 7.39. The van der Waals surface area contributed by atoms with Crippen LogP contribution in [0.5, 0.6) is 5.75 Å².